The molecular weight excluding hydrogens is 196 g/mol. The number of nitrogens with two attached hydrogens (primary N) is 1. The zero-order chi connectivity index (χ0) is 11.7. The average molecular weight is 218 g/mol. The van der Waals surface area contributed by atoms with Crippen molar-refractivity contribution in [3.63, 3.8) is 0 Å². The van der Waals surface area contributed by atoms with E-state index < -0.39 is 6.10 Å². The number of rotatable bonds is 8. The minimum atomic E-state index is -0.561. The molecule has 6 N–H and O–H groups in total. The van der Waals surface area contributed by atoms with Crippen molar-refractivity contribution >= 4 is 5.91 Å². The van der Waals surface area contributed by atoms with Gasteiger partial charge in [-0.25, -0.2) is 0 Å². The van der Waals surface area contributed by atoms with Gasteiger partial charge in [0.15, 0.2) is 0 Å². The fourth-order valence-electron chi connectivity index (χ4n) is 1.22. The van der Waals surface area contributed by atoms with Crippen LogP contribution in [0.2, 0.25) is 0 Å². The lowest BCUT2D eigenvalue weighted by atomic mass is 10.2. The number of hydrogen-bond donors (Lipinski definition) is 5. The quantitative estimate of drug-likeness (QED) is 0.313. The molecule has 0 bridgehead atoms. The van der Waals surface area contributed by atoms with Crippen molar-refractivity contribution in [1.29, 1.82) is 0 Å². The molecule has 0 saturated carbocycles. The van der Waals surface area contributed by atoms with Gasteiger partial charge in [0, 0.05) is 13.1 Å². The second kappa shape index (κ2) is 8.60. The molecule has 0 aliphatic heterocycles. The van der Waals surface area contributed by atoms with Gasteiger partial charge < -0.3 is 26.8 Å². The Hall–Kier alpha value is -0.690. The van der Waals surface area contributed by atoms with Crippen LogP contribution in [0.15, 0.2) is 0 Å². The van der Waals surface area contributed by atoms with Crippen LogP contribution in [0, 0.1) is 0 Å². The van der Waals surface area contributed by atoms with Gasteiger partial charge in [-0.05, 0) is 27.1 Å². The third-order valence-corrected chi connectivity index (χ3v) is 2.07. The van der Waals surface area contributed by atoms with E-state index in [2.05, 4.69) is 16.0 Å². The van der Waals surface area contributed by atoms with E-state index in [1.165, 1.54) is 0 Å². The van der Waals surface area contributed by atoms with E-state index in [1.54, 1.807) is 14.1 Å². The van der Waals surface area contributed by atoms with Gasteiger partial charge in [-0.3, -0.25) is 4.79 Å². The molecule has 2 atom stereocenters. The fraction of sp³-hybridized carbons (Fsp3) is 0.889. The highest BCUT2D eigenvalue weighted by Crippen LogP contribution is 1.89. The van der Waals surface area contributed by atoms with Crippen molar-refractivity contribution in [2.45, 2.75) is 18.6 Å². The van der Waals surface area contributed by atoms with Gasteiger partial charge in [0.1, 0.15) is 0 Å². The molecule has 0 aliphatic rings. The lowest BCUT2D eigenvalue weighted by molar-refractivity contribution is -0.123. The topological polar surface area (TPSA) is 99.4 Å². The summed E-state index contributed by atoms with van der Waals surface area (Å²) in [6.07, 6.45) is 0.0270. The Morgan fingerprint density at radius 3 is 2.53 bits per heavy atom. The Labute approximate surface area is 90.6 Å². The summed E-state index contributed by atoms with van der Waals surface area (Å²) in [7, 11) is 3.46. The number of carbonyl (C=O) groups excluding carboxylic acids is 1. The van der Waals surface area contributed by atoms with Crippen molar-refractivity contribution in [1.82, 2.24) is 16.0 Å². The summed E-state index contributed by atoms with van der Waals surface area (Å²) in [6, 6.07) is -0.281. The van der Waals surface area contributed by atoms with Crippen LogP contribution in [0.1, 0.15) is 6.42 Å². The third kappa shape index (κ3) is 6.40. The Kier molecular flexibility index (Phi) is 8.21. The molecule has 0 fully saturated rings. The summed E-state index contributed by atoms with van der Waals surface area (Å²) < 4.78 is 0. The molecule has 0 radical (unpaired) electrons. The molecule has 6 heteroatoms. The fourth-order valence-corrected chi connectivity index (χ4v) is 1.22. The standard InChI is InChI=1S/C9H22N4O2/c1-11-5-7(14)6-13-9(15)8(12-2)3-4-10/h7-8,11-12,14H,3-6,10H2,1-2H3,(H,13,15)/t7?,8-/m0/s1. The maximum atomic E-state index is 11.5. The largest absolute Gasteiger partial charge is 0.390 e. The maximum absolute atomic E-state index is 11.5. The van der Waals surface area contributed by atoms with Gasteiger partial charge >= 0.3 is 0 Å². The van der Waals surface area contributed by atoms with Crippen molar-refractivity contribution in [3.05, 3.63) is 0 Å². The molecule has 15 heavy (non-hydrogen) atoms. The predicted octanol–water partition coefficient (Wildman–Crippen LogP) is -2.38. The van der Waals surface area contributed by atoms with E-state index >= 15 is 0 Å². The zero-order valence-corrected chi connectivity index (χ0v) is 9.42. The molecular formula is C9H22N4O2. The summed E-state index contributed by atoms with van der Waals surface area (Å²) >= 11 is 0. The van der Waals surface area contributed by atoms with Gasteiger partial charge in [-0.1, -0.05) is 0 Å². The van der Waals surface area contributed by atoms with Crippen LogP contribution in [0.25, 0.3) is 0 Å². The summed E-state index contributed by atoms with van der Waals surface area (Å²) in [5.74, 6) is -0.127. The van der Waals surface area contributed by atoms with E-state index in [-0.39, 0.29) is 18.5 Å². The SMILES string of the molecule is CNCC(O)CNC(=O)[C@H](CCN)NC. The number of aliphatic hydroxyl groups is 1. The normalized spacial score (nSPS) is 14.7. The first-order valence-corrected chi connectivity index (χ1v) is 5.13. The number of carbonyl (C=O) groups is 1. The lowest BCUT2D eigenvalue weighted by Gasteiger charge is -2.17. The van der Waals surface area contributed by atoms with Crippen molar-refractivity contribution in [3.8, 4) is 0 Å². The molecule has 0 saturated heterocycles. The first-order chi connectivity index (χ1) is 7.15. The zero-order valence-electron chi connectivity index (χ0n) is 9.42. The van der Waals surface area contributed by atoms with Crippen LogP contribution in [-0.4, -0.2) is 56.9 Å². The van der Waals surface area contributed by atoms with Gasteiger partial charge in [-0.15, -0.1) is 0 Å². The molecule has 0 rings (SSSR count). The van der Waals surface area contributed by atoms with Crippen LogP contribution in [0.4, 0.5) is 0 Å². The van der Waals surface area contributed by atoms with Crippen LogP contribution in [0.3, 0.4) is 0 Å². The summed E-state index contributed by atoms with van der Waals surface area (Å²) in [4.78, 5) is 11.5. The first kappa shape index (κ1) is 14.3. The maximum Gasteiger partial charge on any atom is 0.237 e. The average Bonchev–Trinajstić information content (AvgIpc) is 2.23. The van der Waals surface area contributed by atoms with Crippen molar-refractivity contribution in [2.24, 2.45) is 5.73 Å². The molecule has 0 aliphatic carbocycles. The Morgan fingerprint density at radius 2 is 2.07 bits per heavy atom. The smallest absolute Gasteiger partial charge is 0.237 e. The van der Waals surface area contributed by atoms with Crippen LogP contribution >= 0.6 is 0 Å². The Bertz CT molecular complexity index is 177. The molecule has 90 valence electrons. The van der Waals surface area contributed by atoms with E-state index in [0.717, 1.165) is 0 Å². The summed E-state index contributed by atoms with van der Waals surface area (Å²) in [5, 5.41) is 17.7. The van der Waals surface area contributed by atoms with Crippen LogP contribution in [0.5, 0.6) is 0 Å². The molecule has 0 aromatic heterocycles. The Balaban J connectivity index is 3.79. The monoisotopic (exact) mass is 218 g/mol. The molecule has 0 heterocycles. The number of likely N-dealkylation sites (N-methyl/N-ethyl adjacent to an activating group) is 2. The second-order valence-corrected chi connectivity index (χ2v) is 3.38. The molecule has 0 aromatic carbocycles. The Morgan fingerprint density at radius 1 is 1.40 bits per heavy atom. The predicted molar refractivity (Wildman–Crippen MR) is 59.5 cm³/mol. The first-order valence-electron chi connectivity index (χ1n) is 5.13. The molecule has 6 nitrogen and oxygen atoms in total. The van der Waals surface area contributed by atoms with Crippen molar-refractivity contribution in [2.75, 3.05) is 33.7 Å². The highest BCUT2D eigenvalue weighted by atomic mass is 16.3. The third-order valence-electron chi connectivity index (χ3n) is 2.07. The lowest BCUT2D eigenvalue weighted by Crippen LogP contribution is -2.47. The van der Waals surface area contributed by atoms with E-state index in [9.17, 15) is 9.90 Å². The number of hydrogen-bond acceptors (Lipinski definition) is 5. The van der Waals surface area contributed by atoms with E-state index in [4.69, 9.17) is 5.73 Å². The summed E-state index contributed by atoms with van der Waals surface area (Å²) in [6.45, 7) is 1.17. The van der Waals surface area contributed by atoms with Gasteiger partial charge in [0.2, 0.25) is 5.91 Å². The van der Waals surface area contributed by atoms with E-state index in [0.29, 0.717) is 19.5 Å². The molecule has 0 spiro atoms. The highest BCUT2D eigenvalue weighted by molar-refractivity contribution is 5.81. The summed E-state index contributed by atoms with van der Waals surface area (Å²) in [5.41, 5.74) is 5.37. The van der Waals surface area contributed by atoms with Gasteiger partial charge in [0.25, 0.3) is 0 Å². The number of aliphatic hydroxyl groups excluding tert-OH is 1. The number of nitrogens with one attached hydrogen (secondary N) is 3. The minimum absolute atomic E-state index is 0.127. The van der Waals surface area contributed by atoms with Crippen LogP contribution in [-0.2, 0) is 4.79 Å². The minimum Gasteiger partial charge on any atom is -0.390 e. The van der Waals surface area contributed by atoms with E-state index in [1.807, 2.05) is 0 Å². The van der Waals surface area contributed by atoms with Gasteiger partial charge in [-0.2, -0.15) is 0 Å². The number of amides is 1. The molecule has 0 aromatic rings. The van der Waals surface area contributed by atoms with Gasteiger partial charge in [0.05, 0.1) is 12.1 Å². The van der Waals surface area contributed by atoms with Crippen LogP contribution < -0.4 is 21.7 Å². The highest BCUT2D eigenvalue weighted by Gasteiger charge is 2.15. The van der Waals surface area contributed by atoms with Crippen molar-refractivity contribution < 1.29 is 9.90 Å². The molecule has 1 amide bonds. The second-order valence-electron chi connectivity index (χ2n) is 3.38. The molecule has 1 unspecified atom stereocenters.